The number of carbonyl (C=O) groups is 1. The van der Waals surface area contributed by atoms with Crippen LogP contribution in [0.3, 0.4) is 0 Å². The monoisotopic (exact) mass is 324 g/mol. The summed E-state index contributed by atoms with van der Waals surface area (Å²) in [5.74, 6) is 5.43. The van der Waals surface area contributed by atoms with Crippen molar-refractivity contribution in [1.29, 1.82) is 0 Å². The first-order chi connectivity index (χ1) is 11.2. The summed E-state index contributed by atoms with van der Waals surface area (Å²) in [7, 11) is 0. The molecule has 0 heterocycles. The van der Waals surface area contributed by atoms with Crippen molar-refractivity contribution < 1.29 is 15.0 Å². The van der Waals surface area contributed by atoms with Gasteiger partial charge in [-0.05, 0) is 19.3 Å². The Balaban J connectivity index is 3.15. The van der Waals surface area contributed by atoms with E-state index in [9.17, 15) is 4.79 Å². The second kappa shape index (κ2) is 17.3. The summed E-state index contributed by atoms with van der Waals surface area (Å²) < 4.78 is 0. The summed E-state index contributed by atoms with van der Waals surface area (Å²) in [5.41, 5.74) is 0. The molecular weight excluding hydrogens is 288 g/mol. The number of unbranched alkanes of at least 4 members (excludes halogenated alkanes) is 12. The van der Waals surface area contributed by atoms with Gasteiger partial charge in [-0.1, -0.05) is 71.1 Å². The van der Waals surface area contributed by atoms with Gasteiger partial charge in [-0.2, -0.15) is 0 Å². The molecule has 0 bridgehead atoms. The zero-order valence-electron chi connectivity index (χ0n) is 15.0. The highest BCUT2D eigenvalue weighted by Crippen LogP contribution is 2.12. The molecule has 3 nitrogen and oxygen atoms in total. The number of hydrogen-bond donors (Lipinski definition) is 2. The van der Waals surface area contributed by atoms with Gasteiger partial charge < -0.3 is 10.2 Å². The summed E-state index contributed by atoms with van der Waals surface area (Å²) in [4.78, 5) is 10.4. The van der Waals surface area contributed by atoms with Crippen LogP contribution in [0.4, 0.5) is 0 Å². The second-order valence-corrected chi connectivity index (χ2v) is 6.39. The lowest BCUT2D eigenvalue weighted by atomic mass is 10.0. The Morgan fingerprint density at radius 1 is 0.783 bits per heavy atom. The largest absolute Gasteiger partial charge is 0.479 e. The molecule has 23 heavy (non-hydrogen) atoms. The molecule has 0 aromatic rings. The number of carboxylic acids is 1. The standard InChI is InChI=1S/C20H36O3/c1-2-3-4-5-6-7-8-9-10-11-12-13-14-15-16-17-18-19(21)20(22)23/h19,21H,2-5,8-18H2,1H3,(H,22,23). The lowest BCUT2D eigenvalue weighted by molar-refractivity contribution is -0.146. The van der Waals surface area contributed by atoms with Gasteiger partial charge >= 0.3 is 5.97 Å². The van der Waals surface area contributed by atoms with Crippen LogP contribution in [0.25, 0.3) is 0 Å². The van der Waals surface area contributed by atoms with E-state index in [0.717, 1.165) is 32.1 Å². The van der Waals surface area contributed by atoms with Crippen molar-refractivity contribution in [3.63, 3.8) is 0 Å². The van der Waals surface area contributed by atoms with Crippen molar-refractivity contribution in [3.05, 3.63) is 0 Å². The van der Waals surface area contributed by atoms with E-state index in [1.165, 1.54) is 57.8 Å². The van der Waals surface area contributed by atoms with E-state index in [-0.39, 0.29) is 0 Å². The summed E-state index contributed by atoms with van der Waals surface area (Å²) in [6.07, 6.45) is 15.7. The first-order valence-electron chi connectivity index (χ1n) is 9.55. The number of aliphatic hydroxyl groups is 1. The van der Waals surface area contributed by atoms with Gasteiger partial charge in [0.2, 0.25) is 0 Å². The Hall–Kier alpha value is -1.01. The fourth-order valence-electron chi connectivity index (χ4n) is 2.55. The molecule has 0 rings (SSSR count). The summed E-state index contributed by atoms with van der Waals surface area (Å²) in [6.45, 7) is 2.22. The molecule has 2 N–H and O–H groups in total. The van der Waals surface area contributed by atoms with Crippen molar-refractivity contribution >= 4 is 5.97 Å². The molecule has 0 radical (unpaired) electrons. The number of rotatable bonds is 15. The van der Waals surface area contributed by atoms with E-state index in [0.29, 0.717) is 6.42 Å². The fraction of sp³-hybridized carbons (Fsp3) is 0.850. The van der Waals surface area contributed by atoms with Gasteiger partial charge in [0, 0.05) is 12.8 Å². The van der Waals surface area contributed by atoms with Crippen LogP contribution in [0.5, 0.6) is 0 Å². The zero-order chi connectivity index (χ0) is 17.2. The molecule has 0 aromatic carbocycles. The highest BCUT2D eigenvalue weighted by atomic mass is 16.4. The Kier molecular flexibility index (Phi) is 16.6. The first-order valence-corrected chi connectivity index (χ1v) is 9.55. The predicted octanol–water partition coefficient (Wildman–Crippen LogP) is 5.31. The molecule has 3 heteroatoms. The molecule has 0 aliphatic carbocycles. The van der Waals surface area contributed by atoms with Crippen LogP contribution in [0, 0.1) is 11.8 Å². The molecule has 0 amide bonds. The van der Waals surface area contributed by atoms with E-state index in [1.54, 1.807) is 0 Å². The van der Waals surface area contributed by atoms with E-state index in [2.05, 4.69) is 18.8 Å². The maximum Gasteiger partial charge on any atom is 0.332 e. The minimum absolute atomic E-state index is 0.384. The fourth-order valence-corrected chi connectivity index (χ4v) is 2.55. The number of aliphatic carboxylic acids is 1. The van der Waals surface area contributed by atoms with Gasteiger partial charge in [0.05, 0.1) is 0 Å². The van der Waals surface area contributed by atoms with Gasteiger partial charge in [-0.15, -0.1) is 11.8 Å². The normalized spacial score (nSPS) is 11.7. The van der Waals surface area contributed by atoms with Crippen LogP contribution in [0.2, 0.25) is 0 Å². The number of aliphatic hydroxyl groups excluding tert-OH is 1. The molecule has 0 fully saturated rings. The lowest BCUT2D eigenvalue weighted by Gasteiger charge is -2.05. The Morgan fingerprint density at radius 2 is 1.22 bits per heavy atom. The molecule has 1 atom stereocenters. The SMILES string of the molecule is CCCCCC#CCCCCCCCCCCCC(O)C(=O)O. The third-order valence-corrected chi connectivity index (χ3v) is 4.09. The van der Waals surface area contributed by atoms with Crippen molar-refractivity contribution in [1.82, 2.24) is 0 Å². The van der Waals surface area contributed by atoms with E-state index < -0.39 is 12.1 Å². The van der Waals surface area contributed by atoms with E-state index in [1.807, 2.05) is 0 Å². The molecule has 0 aliphatic rings. The molecule has 0 spiro atoms. The van der Waals surface area contributed by atoms with Crippen LogP contribution >= 0.6 is 0 Å². The highest BCUT2D eigenvalue weighted by molar-refractivity contribution is 5.71. The number of hydrogen-bond acceptors (Lipinski definition) is 2. The van der Waals surface area contributed by atoms with Crippen molar-refractivity contribution in [3.8, 4) is 11.8 Å². The predicted molar refractivity (Wildman–Crippen MR) is 96.3 cm³/mol. The van der Waals surface area contributed by atoms with Crippen LogP contribution in [0.15, 0.2) is 0 Å². The van der Waals surface area contributed by atoms with Crippen molar-refractivity contribution in [2.75, 3.05) is 0 Å². The number of carboxylic acid groups (broad SMARTS) is 1. The third kappa shape index (κ3) is 17.2. The second-order valence-electron chi connectivity index (χ2n) is 6.39. The Bertz CT molecular complexity index is 328. The van der Waals surface area contributed by atoms with Gasteiger partial charge in [0.1, 0.15) is 0 Å². The van der Waals surface area contributed by atoms with Gasteiger partial charge in [-0.3, -0.25) is 0 Å². The molecule has 0 aromatic heterocycles. The Morgan fingerprint density at radius 3 is 1.70 bits per heavy atom. The average Bonchev–Trinajstić information content (AvgIpc) is 2.54. The maximum atomic E-state index is 10.4. The lowest BCUT2D eigenvalue weighted by Crippen LogP contribution is -2.18. The minimum atomic E-state index is -1.18. The quantitative estimate of drug-likeness (QED) is 0.317. The average molecular weight is 325 g/mol. The molecule has 134 valence electrons. The van der Waals surface area contributed by atoms with Crippen molar-refractivity contribution in [2.45, 2.75) is 109 Å². The first kappa shape index (κ1) is 22.0. The molecule has 0 saturated carbocycles. The van der Waals surface area contributed by atoms with E-state index in [4.69, 9.17) is 10.2 Å². The van der Waals surface area contributed by atoms with Crippen molar-refractivity contribution in [2.24, 2.45) is 0 Å². The molecule has 0 saturated heterocycles. The molecule has 1 unspecified atom stereocenters. The topological polar surface area (TPSA) is 57.5 Å². The van der Waals surface area contributed by atoms with Crippen LogP contribution in [0.1, 0.15) is 103 Å². The summed E-state index contributed by atoms with van der Waals surface area (Å²) >= 11 is 0. The summed E-state index contributed by atoms with van der Waals surface area (Å²) in [6, 6.07) is 0. The zero-order valence-corrected chi connectivity index (χ0v) is 15.0. The Labute approximate surface area is 142 Å². The third-order valence-electron chi connectivity index (χ3n) is 4.09. The van der Waals surface area contributed by atoms with Gasteiger partial charge in [-0.25, -0.2) is 4.79 Å². The maximum absolute atomic E-state index is 10.4. The van der Waals surface area contributed by atoms with E-state index >= 15 is 0 Å². The molecular formula is C20H36O3. The van der Waals surface area contributed by atoms with Gasteiger partial charge in [0.15, 0.2) is 6.10 Å². The minimum Gasteiger partial charge on any atom is -0.479 e. The summed E-state index contributed by atoms with van der Waals surface area (Å²) in [5, 5.41) is 17.7. The molecule has 0 aliphatic heterocycles. The van der Waals surface area contributed by atoms with Crippen LogP contribution < -0.4 is 0 Å². The highest BCUT2D eigenvalue weighted by Gasteiger charge is 2.11. The smallest absolute Gasteiger partial charge is 0.332 e. The van der Waals surface area contributed by atoms with Gasteiger partial charge in [0.25, 0.3) is 0 Å². The van der Waals surface area contributed by atoms with Crippen LogP contribution in [-0.4, -0.2) is 22.3 Å². The van der Waals surface area contributed by atoms with Crippen LogP contribution in [-0.2, 0) is 4.79 Å².